The first-order chi connectivity index (χ1) is 14.3. The molecule has 0 saturated carbocycles. The van der Waals surface area contributed by atoms with Crippen molar-refractivity contribution in [1.82, 2.24) is 25.0 Å². The number of aryl methyl sites for hydroxylation is 2. The van der Waals surface area contributed by atoms with Gasteiger partial charge >= 0.3 is 0 Å². The van der Waals surface area contributed by atoms with E-state index in [0.717, 1.165) is 16.6 Å². The summed E-state index contributed by atoms with van der Waals surface area (Å²) in [6, 6.07) is 3.89. The summed E-state index contributed by atoms with van der Waals surface area (Å²) in [5.41, 5.74) is 2.94. The fourth-order valence-corrected chi connectivity index (χ4v) is 3.91. The van der Waals surface area contributed by atoms with Crippen molar-refractivity contribution in [2.24, 2.45) is 0 Å². The fraction of sp³-hybridized carbons (Fsp3) is 0.455. The van der Waals surface area contributed by atoms with Crippen molar-refractivity contribution in [3.63, 3.8) is 0 Å². The average Bonchev–Trinajstić information content (AvgIpc) is 3.33. The summed E-state index contributed by atoms with van der Waals surface area (Å²) in [5.74, 6) is 0.131. The van der Waals surface area contributed by atoms with Crippen LogP contribution in [-0.2, 0) is 0 Å². The van der Waals surface area contributed by atoms with E-state index in [0.29, 0.717) is 42.9 Å². The maximum absolute atomic E-state index is 13.1. The SMILES string of the molecule is Cc1ccoc1C(=O)NC1CCN(C(=O)c2cc3cnn(C(C)C)c3nc2C)CC1. The summed E-state index contributed by atoms with van der Waals surface area (Å²) in [4.78, 5) is 32.0. The second-order valence-electron chi connectivity index (χ2n) is 8.19. The van der Waals surface area contributed by atoms with Gasteiger partial charge < -0.3 is 14.6 Å². The first-order valence-electron chi connectivity index (χ1n) is 10.3. The lowest BCUT2D eigenvalue weighted by molar-refractivity contribution is 0.0694. The third-order valence-corrected chi connectivity index (χ3v) is 5.66. The molecule has 1 saturated heterocycles. The summed E-state index contributed by atoms with van der Waals surface area (Å²) >= 11 is 0. The first-order valence-corrected chi connectivity index (χ1v) is 10.3. The second kappa shape index (κ2) is 7.93. The third-order valence-electron chi connectivity index (χ3n) is 5.66. The number of pyridine rings is 1. The number of hydrogen-bond donors (Lipinski definition) is 1. The van der Waals surface area contributed by atoms with Gasteiger partial charge in [-0.15, -0.1) is 0 Å². The van der Waals surface area contributed by atoms with Crippen LogP contribution in [0.3, 0.4) is 0 Å². The summed E-state index contributed by atoms with van der Waals surface area (Å²) in [5, 5.41) is 8.28. The van der Waals surface area contributed by atoms with Crippen LogP contribution in [0.15, 0.2) is 29.0 Å². The van der Waals surface area contributed by atoms with E-state index in [1.54, 1.807) is 12.3 Å². The van der Waals surface area contributed by atoms with Crippen molar-refractivity contribution in [2.75, 3.05) is 13.1 Å². The van der Waals surface area contributed by atoms with E-state index in [9.17, 15) is 9.59 Å². The number of piperidine rings is 1. The third kappa shape index (κ3) is 3.69. The van der Waals surface area contributed by atoms with Crippen LogP contribution in [-0.4, -0.2) is 50.6 Å². The number of carbonyl (C=O) groups is 2. The van der Waals surface area contributed by atoms with Crippen LogP contribution in [0.1, 0.15) is 64.9 Å². The normalized spacial score (nSPS) is 15.2. The highest BCUT2D eigenvalue weighted by atomic mass is 16.3. The molecule has 0 atom stereocenters. The molecular formula is C22H27N5O3. The van der Waals surface area contributed by atoms with Crippen molar-refractivity contribution in [3.05, 3.63) is 47.2 Å². The fourth-order valence-electron chi connectivity index (χ4n) is 3.91. The van der Waals surface area contributed by atoms with Crippen molar-refractivity contribution in [3.8, 4) is 0 Å². The number of likely N-dealkylation sites (tertiary alicyclic amines) is 1. The molecule has 0 aromatic carbocycles. The van der Waals surface area contributed by atoms with E-state index in [1.165, 1.54) is 6.26 Å². The van der Waals surface area contributed by atoms with E-state index in [-0.39, 0.29) is 23.9 Å². The molecule has 3 aromatic rings. The van der Waals surface area contributed by atoms with Crippen LogP contribution in [0.25, 0.3) is 11.0 Å². The van der Waals surface area contributed by atoms with Crippen molar-refractivity contribution in [2.45, 2.75) is 52.6 Å². The lowest BCUT2D eigenvalue weighted by atomic mass is 10.0. The van der Waals surface area contributed by atoms with Gasteiger partial charge in [0, 0.05) is 36.1 Å². The molecule has 1 aliphatic rings. The van der Waals surface area contributed by atoms with E-state index >= 15 is 0 Å². The van der Waals surface area contributed by atoms with Gasteiger partial charge in [0.1, 0.15) is 0 Å². The zero-order chi connectivity index (χ0) is 21.4. The molecule has 4 rings (SSSR count). The maximum Gasteiger partial charge on any atom is 0.287 e. The predicted molar refractivity (Wildman–Crippen MR) is 112 cm³/mol. The smallest absolute Gasteiger partial charge is 0.287 e. The van der Waals surface area contributed by atoms with Crippen molar-refractivity contribution < 1.29 is 14.0 Å². The van der Waals surface area contributed by atoms with Crippen LogP contribution in [0.5, 0.6) is 0 Å². The summed E-state index contributed by atoms with van der Waals surface area (Å²) in [6.07, 6.45) is 4.69. The number of amides is 2. The number of nitrogens with zero attached hydrogens (tertiary/aromatic N) is 4. The Bertz CT molecular complexity index is 1090. The number of fused-ring (bicyclic) bond motifs is 1. The first kappa shape index (κ1) is 20.1. The highest BCUT2D eigenvalue weighted by molar-refractivity contribution is 5.98. The molecule has 0 unspecified atom stereocenters. The summed E-state index contributed by atoms with van der Waals surface area (Å²) < 4.78 is 7.13. The van der Waals surface area contributed by atoms with E-state index in [2.05, 4.69) is 29.2 Å². The zero-order valence-electron chi connectivity index (χ0n) is 17.8. The Morgan fingerprint density at radius 1 is 1.23 bits per heavy atom. The molecule has 8 nitrogen and oxygen atoms in total. The van der Waals surface area contributed by atoms with Gasteiger partial charge in [0.15, 0.2) is 11.4 Å². The lowest BCUT2D eigenvalue weighted by Crippen LogP contribution is -2.46. The predicted octanol–water partition coefficient (Wildman–Crippen LogP) is 3.26. The number of aromatic nitrogens is 3. The highest BCUT2D eigenvalue weighted by Gasteiger charge is 2.27. The van der Waals surface area contributed by atoms with Crippen molar-refractivity contribution in [1.29, 1.82) is 0 Å². The minimum Gasteiger partial charge on any atom is -0.459 e. The minimum atomic E-state index is -0.199. The van der Waals surface area contributed by atoms with Gasteiger partial charge in [-0.3, -0.25) is 9.59 Å². The molecule has 1 fully saturated rings. The van der Waals surface area contributed by atoms with Gasteiger partial charge in [-0.1, -0.05) is 0 Å². The molecule has 1 aliphatic heterocycles. The van der Waals surface area contributed by atoms with Gasteiger partial charge in [-0.2, -0.15) is 5.10 Å². The molecule has 0 bridgehead atoms. The van der Waals surface area contributed by atoms with Gasteiger partial charge in [0.2, 0.25) is 0 Å². The van der Waals surface area contributed by atoms with Crippen LogP contribution < -0.4 is 5.32 Å². The lowest BCUT2D eigenvalue weighted by Gasteiger charge is -2.32. The zero-order valence-corrected chi connectivity index (χ0v) is 17.8. The molecule has 30 heavy (non-hydrogen) atoms. The second-order valence-corrected chi connectivity index (χ2v) is 8.19. The van der Waals surface area contributed by atoms with Crippen LogP contribution >= 0.6 is 0 Å². The number of carbonyl (C=O) groups excluding carboxylic acids is 2. The van der Waals surface area contributed by atoms with Crippen LogP contribution in [0.4, 0.5) is 0 Å². The Hall–Kier alpha value is -3.16. The molecule has 2 amide bonds. The number of rotatable bonds is 4. The standard InChI is InChI=1S/C22H27N5O3/c1-13(2)27-20-16(12-23-27)11-18(15(4)24-20)22(29)26-8-5-17(6-9-26)25-21(28)19-14(3)7-10-30-19/h7,10-13,17H,5-6,8-9H2,1-4H3,(H,25,28). The Morgan fingerprint density at radius 2 is 1.97 bits per heavy atom. The summed E-state index contributed by atoms with van der Waals surface area (Å²) in [6.45, 7) is 8.99. The molecular weight excluding hydrogens is 382 g/mol. The van der Waals surface area contributed by atoms with Gasteiger partial charge in [-0.25, -0.2) is 9.67 Å². The topological polar surface area (TPSA) is 93.3 Å². The van der Waals surface area contributed by atoms with E-state index in [4.69, 9.17) is 4.42 Å². The van der Waals surface area contributed by atoms with Gasteiger partial charge in [-0.05, 0) is 52.7 Å². The largest absolute Gasteiger partial charge is 0.459 e. The Morgan fingerprint density at radius 3 is 2.60 bits per heavy atom. The average molecular weight is 409 g/mol. The highest BCUT2D eigenvalue weighted by Crippen LogP contribution is 2.22. The Kier molecular flexibility index (Phi) is 5.32. The summed E-state index contributed by atoms with van der Waals surface area (Å²) in [7, 11) is 0. The number of nitrogens with one attached hydrogen (secondary N) is 1. The van der Waals surface area contributed by atoms with E-state index < -0.39 is 0 Å². The van der Waals surface area contributed by atoms with Crippen LogP contribution in [0, 0.1) is 13.8 Å². The minimum absolute atomic E-state index is 0.0224. The molecule has 4 heterocycles. The molecule has 1 N–H and O–H groups in total. The maximum atomic E-state index is 13.1. The number of furan rings is 1. The molecule has 3 aromatic heterocycles. The van der Waals surface area contributed by atoms with Gasteiger partial charge in [0.05, 0.1) is 23.7 Å². The van der Waals surface area contributed by atoms with Crippen molar-refractivity contribution >= 4 is 22.8 Å². The quantitative estimate of drug-likeness (QED) is 0.714. The molecule has 0 aliphatic carbocycles. The monoisotopic (exact) mass is 409 g/mol. The van der Waals surface area contributed by atoms with Crippen LogP contribution in [0.2, 0.25) is 0 Å². The Balaban J connectivity index is 1.42. The van der Waals surface area contributed by atoms with Gasteiger partial charge in [0.25, 0.3) is 11.8 Å². The molecule has 158 valence electrons. The number of hydrogen-bond acceptors (Lipinski definition) is 5. The molecule has 0 radical (unpaired) electrons. The Labute approximate surface area is 175 Å². The molecule has 8 heteroatoms. The van der Waals surface area contributed by atoms with E-state index in [1.807, 2.05) is 29.5 Å². The molecule has 0 spiro atoms.